The summed E-state index contributed by atoms with van der Waals surface area (Å²) in [4.78, 5) is 14.6. The molecule has 4 rings (SSSR count). The lowest BCUT2D eigenvalue weighted by atomic mass is 10.1. The van der Waals surface area contributed by atoms with Crippen LogP contribution in [0.3, 0.4) is 0 Å². The third kappa shape index (κ3) is 3.56. The number of carbonyl (C=O) groups excluding carboxylic acids is 1. The Balaban J connectivity index is 1.42. The first kappa shape index (κ1) is 15.5. The predicted octanol–water partition coefficient (Wildman–Crippen LogP) is 2.50. The van der Waals surface area contributed by atoms with Crippen LogP contribution in [0.4, 0.5) is 0 Å². The fourth-order valence-electron chi connectivity index (χ4n) is 3.24. The Morgan fingerprint density at radius 3 is 2.71 bits per heavy atom. The van der Waals surface area contributed by atoms with Crippen molar-refractivity contribution < 1.29 is 19.0 Å². The minimum absolute atomic E-state index is 0.0966. The van der Waals surface area contributed by atoms with Crippen LogP contribution in [0.25, 0.3) is 6.08 Å². The molecule has 0 unspecified atom stereocenters. The number of amides is 1. The summed E-state index contributed by atoms with van der Waals surface area (Å²) in [5.41, 5.74) is 0.951. The Bertz CT molecular complexity index is 632. The van der Waals surface area contributed by atoms with Crippen LogP contribution in [0, 0.1) is 5.92 Å². The molecule has 1 atom stereocenters. The molecule has 1 aliphatic carbocycles. The molecule has 1 amide bonds. The third-order valence-corrected chi connectivity index (χ3v) is 4.73. The molecule has 1 aromatic carbocycles. The van der Waals surface area contributed by atoms with Crippen molar-refractivity contribution in [3.63, 3.8) is 0 Å². The molecule has 2 fully saturated rings. The maximum Gasteiger partial charge on any atom is 0.246 e. The van der Waals surface area contributed by atoms with Crippen molar-refractivity contribution in [3.05, 3.63) is 29.8 Å². The topological polar surface area (TPSA) is 48.0 Å². The van der Waals surface area contributed by atoms with Gasteiger partial charge in [-0.25, -0.2) is 0 Å². The minimum atomic E-state index is 0.0966. The van der Waals surface area contributed by atoms with E-state index in [-0.39, 0.29) is 5.91 Å². The van der Waals surface area contributed by atoms with Gasteiger partial charge < -0.3 is 19.1 Å². The number of rotatable bonds is 5. The van der Waals surface area contributed by atoms with E-state index in [0.29, 0.717) is 25.2 Å². The monoisotopic (exact) mass is 329 g/mol. The molecule has 5 nitrogen and oxygen atoms in total. The van der Waals surface area contributed by atoms with Crippen LogP contribution >= 0.6 is 0 Å². The quantitative estimate of drug-likeness (QED) is 0.779. The number of benzene rings is 1. The Labute approximate surface area is 142 Å². The molecule has 1 saturated heterocycles. The van der Waals surface area contributed by atoms with Crippen molar-refractivity contribution in [1.82, 2.24) is 4.90 Å². The van der Waals surface area contributed by atoms with E-state index in [2.05, 4.69) is 0 Å². The van der Waals surface area contributed by atoms with E-state index >= 15 is 0 Å². The summed E-state index contributed by atoms with van der Waals surface area (Å²) in [7, 11) is 0. The number of hydrogen-bond acceptors (Lipinski definition) is 4. The van der Waals surface area contributed by atoms with E-state index in [9.17, 15) is 4.79 Å². The smallest absolute Gasteiger partial charge is 0.246 e. The maximum atomic E-state index is 12.6. The van der Waals surface area contributed by atoms with Crippen LogP contribution in [0.1, 0.15) is 24.8 Å². The average Bonchev–Trinajstić information content (AvgIpc) is 3.33. The van der Waals surface area contributed by atoms with Crippen molar-refractivity contribution >= 4 is 12.0 Å². The number of carbonyl (C=O) groups is 1. The van der Waals surface area contributed by atoms with Crippen molar-refractivity contribution in [1.29, 1.82) is 0 Å². The van der Waals surface area contributed by atoms with Crippen molar-refractivity contribution in [2.24, 2.45) is 5.92 Å². The van der Waals surface area contributed by atoms with Gasteiger partial charge in [-0.3, -0.25) is 4.79 Å². The molecule has 2 heterocycles. The molecule has 0 radical (unpaired) electrons. The fraction of sp³-hybridized carbons (Fsp3) is 0.526. The summed E-state index contributed by atoms with van der Waals surface area (Å²) in [6, 6.07) is 6.18. The van der Waals surface area contributed by atoms with Gasteiger partial charge in [-0.1, -0.05) is 6.07 Å². The Morgan fingerprint density at radius 1 is 1.12 bits per heavy atom. The third-order valence-electron chi connectivity index (χ3n) is 4.73. The van der Waals surface area contributed by atoms with Crippen LogP contribution in [0.15, 0.2) is 24.3 Å². The average molecular weight is 329 g/mol. The summed E-state index contributed by atoms with van der Waals surface area (Å²) in [5.74, 6) is 2.10. The zero-order valence-corrected chi connectivity index (χ0v) is 13.8. The van der Waals surface area contributed by atoms with Crippen molar-refractivity contribution in [2.75, 3.05) is 33.0 Å². The minimum Gasteiger partial charge on any atom is -0.486 e. The van der Waals surface area contributed by atoms with E-state index in [1.807, 2.05) is 29.2 Å². The molecule has 0 spiro atoms. The van der Waals surface area contributed by atoms with Gasteiger partial charge in [0.2, 0.25) is 5.91 Å². The molecule has 0 aromatic heterocycles. The van der Waals surface area contributed by atoms with Gasteiger partial charge in [-0.15, -0.1) is 0 Å². The largest absolute Gasteiger partial charge is 0.486 e. The van der Waals surface area contributed by atoms with Crippen LogP contribution in [-0.4, -0.2) is 49.8 Å². The van der Waals surface area contributed by atoms with Crippen LogP contribution in [0.2, 0.25) is 0 Å². The summed E-state index contributed by atoms with van der Waals surface area (Å²) in [5, 5.41) is 0. The van der Waals surface area contributed by atoms with Crippen molar-refractivity contribution in [3.8, 4) is 11.5 Å². The zero-order valence-electron chi connectivity index (χ0n) is 13.8. The summed E-state index contributed by atoms with van der Waals surface area (Å²) < 4.78 is 16.5. The van der Waals surface area contributed by atoms with Gasteiger partial charge in [-0.2, -0.15) is 0 Å². The predicted molar refractivity (Wildman–Crippen MR) is 90.1 cm³/mol. The number of nitrogens with zero attached hydrogens (tertiary/aromatic N) is 1. The SMILES string of the molecule is O=C(/C=C/c1ccc2c(c1)OCCO2)N(C[C@@H]1CCOC1)C1CC1. The molecule has 0 bridgehead atoms. The lowest BCUT2D eigenvalue weighted by Gasteiger charge is -2.23. The van der Waals surface area contributed by atoms with E-state index in [1.54, 1.807) is 6.08 Å². The zero-order chi connectivity index (χ0) is 16.4. The lowest BCUT2D eigenvalue weighted by molar-refractivity contribution is -0.127. The molecule has 1 saturated carbocycles. The lowest BCUT2D eigenvalue weighted by Crippen LogP contribution is -2.36. The highest BCUT2D eigenvalue weighted by Crippen LogP contribution is 2.32. The Hall–Kier alpha value is -2.01. The summed E-state index contributed by atoms with van der Waals surface area (Å²) >= 11 is 0. The second-order valence-electron chi connectivity index (χ2n) is 6.69. The van der Waals surface area contributed by atoms with Gasteiger partial charge in [0.05, 0.1) is 6.61 Å². The van der Waals surface area contributed by atoms with Gasteiger partial charge >= 0.3 is 0 Å². The molecule has 128 valence electrons. The highest BCUT2D eigenvalue weighted by molar-refractivity contribution is 5.92. The van der Waals surface area contributed by atoms with E-state index in [0.717, 1.165) is 56.1 Å². The van der Waals surface area contributed by atoms with Crippen LogP contribution in [-0.2, 0) is 9.53 Å². The molecule has 0 N–H and O–H groups in total. The second-order valence-corrected chi connectivity index (χ2v) is 6.69. The van der Waals surface area contributed by atoms with Crippen molar-refractivity contribution in [2.45, 2.75) is 25.3 Å². The first-order valence-electron chi connectivity index (χ1n) is 8.76. The maximum absolute atomic E-state index is 12.6. The highest BCUT2D eigenvalue weighted by Gasteiger charge is 2.33. The Morgan fingerprint density at radius 2 is 1.96 bits per heavy atom. The molecule has 1 aromatic rings. The highest BCUT2D eigenvalue weighted by atomic mass is 16.6. The summed E-state index contributed by atoms with van der Waals surface area (Å²) in [6.45, 7) is 3.57. The number of fused-ring (bicyclic) bond motifs is 1. The molecule has 2 aliphatic heterocycles. The molecular weight excluding hydrogens is 306 g/mol. The van der Waals surface area contributed by atoms with Crippen LogP contribution in [0.5, 0.6) is 11.5 Å². The normalized spacial score (nSPS) is 22.8. The first-order chi connectivity index (χ1) is 11.8. The van der Waals surface area contributed by atoms with Gasteiger partial charge in [0, 0.05) is 31.2 Å². The number of hydrogen-bond donors (Lipinski definition) is 0. The van der Waals surface area contributed by atoms with Crippen LogP contribution < -0.4 is 9.47 Å². The standard InChI is InChI=1S/C19H23NO4/c21-19(20(16-3-4-16)12-15-7-8-22-13-15)6-2-14-1-5-17-18(11-14)24-10-9-23-17/h1-2,5-6,11,15-16H,3-4,7-10,12-13H2/b6-2+/t15-/m0/s1. The van der Waals surface area contributed by atoms with E-state index in [4.69, 9.17) is 14.2 Å². The van der Waals surface area contributed by atoms with Gasteiger partial charge in [-0.05, 0) is 43.0 Å². The van der Waals surface area contributed by atoms with E-state index in [1.165, 1.54) is 0 Å². The second kappa shape index (κ2) is 6.85. The molecular formula is C19H23NO4. The van der Waals surface area contributed by atoms with E-state index < -0.39 is 0 Å². The molecule has 5 heteroatoms. The molecule has 24 heavy (non-hydrogen) atoms. The fourth-order valence-corrected chi connectivity index (χ4v) is 3.24. The summed E-state index contributed by atoms with van der Waals surface area (Å²) in [6.07, 6.45) is 6.84. The Kier molecular flexibility index (Phi) is 4.43. The number of ether oxygens (including phenoxy) is 3. The van der Waals surface area contributed by atoms with Gasteiger partial charge in [0.1, 0.15) is 13.2 Å². The molecule has 3 aliphatic rings. The van der Waals surface area contributed by atoms with Gasteiger partial charge in [0.15, 0.2) is 11.5 Å². The first-order valence-corrected chi connectivity index (χ1v) is 8.76. The van der Waals surface area contributed by atoms with Gasteiger partial charge in [0.25, 0.3) is 0 Å².